The summed E-state index contributed by atoms with van der Waals surface area (Å²) < 4.78 is 55.7. The summed E-state index contributed by atoms with van der Waals surface area (Å²) in [6.07, 6.45) is -4.99. The van der Waals surface area contributed by atoms with Gasteiger partial charge in [-0.2, -0.15) is 13.2 Å². The highest BCUT2D eigenvalue weighted by molar-refractivity contribution is 5.98. The lowest BCUT2D eigenvalue weighted by Crippen LogP contribution is -2.18. The summed E-state index contributed by atoms with van der Waals surface area (Å²) in [7, 11) is 0. The van der Waals surface area contributed by atoms with Crippen LogP contribution in [0, 0.1) is 5.82 Å². The molecule has 0 atom stereocenters. The zero-order valence-electron chi connectivity index (χ0n) is 9.84. The average molecular weight is 264 g/mol. The van der Waals surface area contributed by atoms with Crippen LogP contribution in [0.4, 0.5) is 17.6 Å². The maximum absolute atomic E-state index is 12.9. The van der Waals surface area contributed by atoms with Crippen LogP contribution in [0.5, 0.6) is 0 Å². The SMILES string of the molecule is CC(C)OCC(=O)c1cc(F)ccc1C(F)(F)F. The van der Waals surface area contributed by atoms with Gasteiger partial charge >= 0.3 is 6.18 Å². The molecule has 6 heteroatoms. The third-order valence-corrected chi connectivity index (χ3v) is 2.14. The summed E-state index contributed by atoms with van der Waals surface area (Å²) in [5.74, 6) is -1.79. The minimum atomic E-state index is -4.70. The maximum Gasteiger partial charge on any atom is 0.417 e. The van der Waals surface area contributed by atoms with Gasteiger partial charge in [0.2, 0.25) is 0 Å². The van der Waals surface area contributed by atoms with Gasteiger partial charge in [0.05, 0.1) is 11.7 Å². The first-order valence-corrected chi connectivity index (χ1v) is 5.23. The number of halogens is 4. The third-order valence-electron chi connectivity index (χ3n) is 2.14. The Hall–Kier alpha value is -1.43. The van der Waals surface area contributed by atoms with E-state index in [9.17, 15) is 22.4 Å². The molecule has 2 nitrogen and oxygen atoms in total. The van der Waals surface area contributed by atoms with Crippen molar-refractivity contribution in [3.8, 4) is 0 Å². The van der Waals surface area contributed by atoms with Gasteiger partial charge in [-0.15, -0.1) is 0 Å². The molecule has 0 saturated heterocycles. The Balaban J connectivity index is 3.06. The Morgan fingerprint density at radius 1 is 1.33 bits per heavy atom. The quantitative estimate of drug-likeness (QED) is 0.615. The molecule has 0 saturated carbocycles. The number of ketones is 1. The van der Waals surface area contributed by atoms with Crippen molar-refractivity contribution in [2.24, 2.45) is 0 Å². The van der Waals surface area contributed by atoms with Crippen molar-refractivity contribution in [1.82, 2.24) is 0 Å². The van der Waals surface area contributed by atoms with Crippen LogP contribution in [-0.4, -0.2) is 18.5 Å². The minimum Gasteiger partial charge on any atom is -0.371 e. The van der Waals surface area contributed by atoms with E-state index in [1.54, 1.807) is 13.8 Å². The Morgan fingerprint density at radius 2 is 1.94 bits per heavy atom. The smallest absolute Gasteiger partial charge is 0.371 e. The van der Waals surface area contributed by atoms with Gasteiger partial charge in [-0.3, -0.25) is 4.79 Å². The fraction of sp³-hybridized carbons (Fsp3) is 0.417. The molecule has 0 N–H and O–H groups in total. The molecule has 0 amide bonds. The molecule has 0 aromatic heterocycles. The maximum atomic E-state index is 12.9. The molecule has 1 rings (SSSR count). The Bertz CT molecular complexity index is 438. The van der Waals surface area contributed by atoms with E-state index in [1.165, 1.54) is 0 Å². The second-order valence-corrected chi connectivity index (χ2v) is 3.97. The molecule has 0 aliphatic carbocycles. The van der Waals surface area contributed by atoms with Gasteiger partial charge in [0, 0.05) is 5.56 Å². The number of benzene rings is 1. The first-order chi connectivity index (χ1) is 8.21. The number of ether oxygens (including phenoxy) is 1. The lowest BCUT2D eigenvalue weighted by molar-refractivity contribution is -0.138. The zero-order valence-corrected chi connectivity index (χ0v) is 9.84. The fourth-order valence-electron chi connectivity index (χ4n) is 1.31. The number of rotatable bonds is 4. The predicted molar refractivity (Wildman–Crippen MR) is 56.8 cm³/mol. The summed E-state index contributed by atoms with van der Waals surface area (Å²) in [5.41, 5.74) is -1.86. The van der Waals surface area contributed by atoms with E-state index in [1.807, 2.05) is 0 Å². The van der Waals surface area contributed by atoms with E-state index in [-0.39, 0.29) is 6.10 Å². The molecule has 0 fully saturated rings. The first-order valence-electron chi connectivity index (χ1n) is 5.23. The van der Waals surface area contributed by atoms with Crippen LogP contribution >= 0.6 is 0 Å². The molecule has 18 heavy (non-hydrogen) atoms. The summed E-state index contributed by atoms with van der Waals surface area (Å²) in [4.78, 5) is 11.6. The van der Waals surface area contributed by atoms with E-state index in [4.69, 9.17) is 4.74 Å². The summed E-state index contributed by atoms with van der Waals surface area (Å²) in [6, 6.07) is 1.80. The molecule has 0 aliphatic rings. The van der Waals surface area contributed by atoms with E-state index in [0.29, 0.717) is 18.2 Å². The highest BCUT2D eigenvalue weighted by Crippen LogP contribution is 2.32. The molecule has 0 spiro atoms. The summed E-state index contributed by atoms with van der Waals surface area (Å²) in [6.45, 7) is 2.78. The number of hydrogen-bond acceptors (Lipinski definition) is 2. The first kappa shape index (κ1) is 14.6. The van der Waals surface area contributed by atoms with E-state index in [2.05, 4.69) is 0 Å². The Labute approximate surface area is 102 Å². The molecule has 1 aromatic carbocycles. The number of Topliss-reactive ketones (excluding diaryl/α,β-unsaturated/α-hetero) is 1. The molecule has 1 aromatic rings. The van der Waals surface area contributed by atoms with Gasteiger partial charge in [0.1, 0.15) is 12.4 Å². The summed E-state index contributed by atoms with van der Waals surface area (Å²) in [5, 5.41) is 0. The fourth-order valence-corrected chi connectivity index (χ4v) is 1.31. The third kappa shape index (κ3) is 3.80. The number of alkyl halides is 3. The monoisotopic (exact) mass is 264 g/mol. The lowest BCUT2D eigenvalue weighted by atomic mass is 10.0. The van der Waals surface area contributed by atoms with Crippen molar-refractivity contribution < 1.29 is 27.1 Å². The van der Waals surface area contributed by atoms with Crippen molar-refractivity contribution in [3.05, 3.63) is 35.1 Å². The van der Waals surface area contributed by atoms with E-state index in [0.717, 1.165) is 0 Å². The van der Waals surface area contributed by atoms with Gasteiger partial charge < -0.3 is 4.74 Å². The van der Waals surface area contributed by atoms with Crippen molar-refractivity contribution in [2.45, 2.75) is 26.1 Å². The van der Waals surface area contributed by atoms with Crippen molar-refractivity contribution in [1.29, 1.82) is 0 Å². The van der Waals surface area contributed by atoms with Crippen molar-refractivity contribution in [3.63, 3.8) is 0 Å². The van der Waals surface area contributed by atoms with Crippen molar-refractivity contribution >= 4 is 5.78 Å². The van der Waals surface area contributed by atoms with Crippen LogP contribution in [0.15, 0.2) is 18.2 Å². The van der Waals surface area contributed by atoms with Gasteiger partial charge in [0.25, 0.3) is 0 Å². The topological polar surface area (TPSA) is 26.3 Å². The van der Waals surface area contributed by atoms with Crippen LogP contribution in [0.3, 0.4) is 0 Å². The predicted octanol–water partition coefficient (Wildman–Crippen LogP) is 3.45. The standard InChI is InChI=1S/C12H12F4O2/c1-7(2)18-6-11(17)9-5-8(13)3-4-10(9)12(14,15)16/h3-5,7H,6H2,1-2H3. The molecule has 0 bridgehead atoms. The highest BCUT2D eigenvalue weighted by Gasteiger charge is 2.35. The van der Waals surface area contributed by atoms with Gasteiger partial charge in [-0.25, -0.2) is 4.39 Å². The zero-order chi connectivity index (χ0) is 13.9. The summed E-state index contributed by atoms with van der Waals surface area (Å²) >= 11 is 0. The van der Waals surface area contributed by atoms with E-state index >= 15 is 0 Å². The van der Waals surface area contributed by atoms with Gasteiger partial charge in [-0.1, -0.05) is 0 Å². The van der Waals surface area contributed by atoms with Gasteiger partial charge in [-0.05, 0) is 32.0 Å². The number of hydrogen-bond donors (Lipinski definition) is 0. The molecule has 0 heterocycles. The van der Waals surface area contributed by atoms with E-state index < -0.39 is 35.5 Å². The molecule has 0 unspecified atom stereocenters. The largest absolute Gasteiger partial charge is 0.417 e. The lowest BCUT2D eigenvalue weighted by Gasteiger charge is -2.13. The Kier molecular flexibility index (Phi) is 4.45. The number of carbonyl (C=O) groups is 1. The van der Waals surface area contributed by atoms with Crippen LogP contribution in [0.25, 0.3) is 0 Å². The molecule has 100 valence electrons. The normalized spacial score (nSPS) is 11.9. The van der Waals surface area contributed by atoms with Crippen LogP contribution in [-0.2, 0) is 10.9 Å². The van der Waals surface area contributed by atoms with Gasteiger partial charge in [0.15, 0.2) is 5.78 Å². The molecular weight excluding hydrogens is 252 g/mol. The highest BCUT2D eigenvalue weighted by atomic mass is 19.4. The van der Waals surface area contributed by atoms with Crippen LogP contribution in [0.1, 0.15) is 29.8 Å². The minimum absolute atomic E-state index is 0.295. The molecule has 0 aliphatic heterocycles. The number of carbonyl (C=O) groups excluding carboxylic acids is 1. The van der Waals surface area contributed by atoms with Crippen molar-refractivity contribution in [2.75, 3.05) is 6.61 Å². The molecule has 0 radical (unpaired) electrons. The second kappa shape index (κ2) is 5.48. The Morgan fingerprint density at radius 3 is 2.44 bits per heavy atom. The molecular formula is C12H12F4O2. The van der Waals surface area contributed by atoms with Crippen LogP contribution in [0.2, 0.25) is 0 Å². The average Bonchev–Trinajstić information content (AvgIpc) is 2.23. The van der Waals surface area contributed by atoms with Crippen LogP contribution < -0.4 is 0 Å². The second-order valence-electron chi connectivity index (χ2n) is 3.97.